The Kier molecular flexibility index (Phi) is 9.28. The van der Waals surface area contributed by atoms with Crippen LogP contribution in [0.15, 0.2) is 36.4 Å². The Morgan fingerprint density at radius 3 is 2.50 bits per heavy atom. The first-order valence-corrected chi connectivity index (χ1v) is 14.2. The number of nitro benzene ring substituents is 1. The van der Waals surface area contributed by atoms with E-state index in [0.29, 0.717) is 45.2 Å². The normalized spacial score (nSPS) is 24.0. The lowest BCUT2D eigenvalue weighted by Gasteiger charge is -2.39. The third-order valence-corrected chi connectivity index (χ3v) is 8.29. The van der Waals surface area contributed by atoms with Crippen LogP contribution < -0.4 is 10.1 Å². The summed E-state index contributed by atoms with van der Waals surface area (Å²) < 4.78 is 65.5. The summed E-state index contributed by atoms with van der Waals surface area (Å²) in [6.07, 6.45) is -0.737. The molecule has 3 aliphatic rings. The number of carbonyl (C=O) groups excluding carboxylic acids is 1. The van der Waals surface area contributed by atoms with Gasteiger partial charge < -0.3 is 19.7 Å². The van der Waals surface area contributed by atoms with Gasteiger partial charge in [-0.25, -0.2) is 4.39 Å². The maximum Gasteiger partial charge on any atom is 0.423 e. The molecule has 0 aromatic heterocycles. The zero-order valence-corrected chi connectivity index (χ0v) is 23.0. The van der Waals surface area contributed by atoms with Crippen molar-refractivity contribution in [3.05, 3.63) is 63.5 Å². The Morgan fingerprint density at radius 2 is 1.83 bits per heavy atom. The van der Waals surface area contributed by atoms with Crippen LogP contribution in [0.4, 0.5) is 28.9 Å². The molecule has 1 saturated carbocycles. The molecule has 2 atom stereocenters. The van der Waals surface area contributed by atoms with E-state index in [9.17, 15) is 32.5 Å². The largest absolute Gasteiger partial charge is 0.490 e. The van der Waals surface area contributed by atoms with Gasteiger partial charge in [0, 0.05) is 62.5 Å². The summed E-state index contributed by atoms with van der Waals surface area (Å²) in [6, 6.07) is 7.45. The molecule has 2 heterocycles. The maximum atomic E-state index is 13.5. The summed E-state index contributed by atoms with van der Waals surface area (Å²) in [5, 5.41) is 14.1. The van der Waals surface area contributed by atoms with Gasteiger partial charge in [-0.1, -0.05) is 0 Å². The quantitative estimate of drug-likeness (QED) is 0.177. The van der Waals surface area contributed by atoms with Crippen molar-refractivity contribution < 1.29 is 36.8 Å². The summed E-state index contributed by atoms with van der Waals surface area (Å²) in [4.78, 5) is 26.2. The molecular weight excluding hydrogens is 560 g/mol. The van der Waals surface area contributed by atoms with Gasteiger partial charge in [-0.05, 0) is 62.4 Å². The zero-order chi connectivity index (χ0) is 29.9. The van der Waals surface area contributed by atoms with E-state index >= 15 is 0 Å². The number of halogens is 4. The third kappa shape index (κ3) is 7.37. The summed E-state index contributed by atoms with van der Waals surface area (Å²) in [6.45, 7) is 3.78. The smallest absolute Gasteiger partial charge is 0.423 e. The van der Waals surface area contributed by atoms with Crippen LogP contribution in [-0.2, 0) is 22.1 Å². The number of nitrogens with one attached hydrogen (secondary N) is 1. The number of anilines is 1. The molecule has 9 nitrogen and oxygen atoms in total. The summed E-state index contributed by atoms with van der Waals surface area (Å²) in [7, 11) is 0. The van der Waals surface area contributed by atoms with Gasteiger partial charge in [-0.2, -0.15) is 13.2 Å². The summed E-state index contributed by atoms with van der Waals surface area (Å²) in [5.41, 5.74) is -1.17. The van der Waals surface area contributed by atoms with Crippen molar-refractivity contribution in [3.8, 4) is 5.75 Å². The Morgan fingerprint density at radius 1 is 1.10 bits per heavy atom. The van der Waals surface area contributed by atoms with Crippen molar-refractivity contribution in [2.45, 2.75) is 69.2 Å². The molecule has 0 radical (unpaired) electrons. The molecule has 228 valence electrons. The first kappa shape index (κ1) is 30.2. The number of carbonyl (C=O) groups is 1. The molecule has 13 heteroatoms. The van der Waals surface area contributed by atoms with Crippen LogP contribution >= 0.6 is 0 Å². The minimum absolute atomic E-state index is 0.0302. The number of nitrogens with zero attached hydrogens (tertiary/aromatic N) is 3. The van der Waals surface area contributed by atoms with Gasteiger partial charge in [-0.15, -0.1) is 0 Å². The molecule has 1 aliphatic carbocycles. The van der Waals surface area contributed by atoms with Gasteiger partial charge in [0.25, 0.3) is 5.69 Å². The number of fused-ring (bicyclic) bond motifs is 1. The van der Waals surface area contributed by atoms with Crippen LogP contribution in [-0.4, -0.2) is 78.2 Å². The average molecular weight is 595 g/mol. The van der Waals surface area contributed by atoms with E-state index in [1.54, 1.807) is 6.07 Å². The number of aldehydes is 1. The molecule has 5 rings (SSSR count). The number of alkyl halides is 3. The monoisotopic (exact) mass is 594 g/mol. The van der Waals surface area contributed by atoms with Gasteiger partial charge in [0.1, 0.15) is 23.2 Å². The number of ether oxygens (including phenoxy) is 2. The third-order valence-electron chi connectivity index (χ3n) is 8.29. The summed E-state index contributed by atoms with van der Waals surface area (Å²) in [5.74, 6) is 0.500. The molecule has 1 N–H and O–H groups in total. The van der Waals surface area contributed by atoms with Crippen LogP contribution in [0.2, 0.25) is 0 Å². The molecule has 2 aromatic rings. The second kappa shape index (κ2) is 12.9. The molecule has 1 saturated heterocycles. The summed E-state index contributed by atoms with van der Waals surface area (Å²) >= 11 is 0. The van der Waals surface area contributed by atoms with E-state index in [-0.39, 0.29) is 29.8 Å². The molecule has 2 fully saturated rings. The topological polar surface area (TPSA) is 97.2 Å². The minimum Gasteiger partial charge on any atom is -0.490 e. The molecule has 2 aliphatic heterocycles. The van der Waals surface area contributed by atoms with E-state index in [4.69, 9.17) is 9.47 Å². The van der Waals surface area contributed by atoms with Crippen LogP contribution in [0.5, 0.6) is 5.75 Å². The molecule has 42 heavy (non-hydrogen) atoms. The average Bonchev–Trinajstić information content (AvgIpc) is 3.37. The Labute approximate surface area is 240 Å². The molecule has 1 unspecified atom stereocenters. The number of piperazine rings is 1. The van der Waals surface area contributed by atoms with Gasteiger partial charge in [-0.3, -0.25) is 19.8 Å². The number of nitro groups is 1. The Hall–Kier alpha value is -3.29. The number of hydrogen-bond acceptors (Lipinski definition) is 8. The molecular formula is C29H34F4N4O5. The van der Waals surface area contributed by atoms with Crippen LogP contribution in [0.1, 0.15) is 43.2 Å². The lowest BCUT2D eigenvalue weighted by molar-refractivity contribution is -0.388. The highest BCUT2D eigenvalue weighted by Gasteiger charge is 2.39. The zero-order valence-electron chi connectivity index (χ0n) is 23.0. The number of benzene rings is 2. The predicted octanol–water partition coefficient (Wildman–Crippen LogP) is 5.03. The highest BCUT2D eigenvalue weighted by atomic mass is 19.4. The van der Waals surface area contributed by atoms with E-state index in [2.05, 4.69) is 10.2 Å². The first-order chi connectivity index (χ1) is 20.1. The van der Waals surface area contributed by atoms with Gasteiger partial charge >= 0.3 is 6.18 Å². The SMILES string of the molecule is O=CC(OC1CCC(Nc2ccc([N+](=O)[O-])c(C(F)(F)F)c2)CC1)N1CCN(CC[C@@H]2Cc3cc(F)ccc3O2)CC1. The van der Waals surface area contributed by atoms with Crippen molar-refractivity contribution in [2.75, 3.05) is 38.0 Å². The maximum absolute atomic E-state index is 13.5. The highest BCUT2D eigenvalue weighted by Crippen LogP contribution is 2.38. The Balaban J connectivity index is 1.03. The fraction of sp³-hybridized carbons (Fsp3) is 0.552. The lowest BCUT2D eigenvalue weighted by Crippen LogP contribution is -2.53. The van der Waals surface area contributed by atoms with E-state index in [1.165, 1.54) is 18.2 Å². The number of hydrogen-bond donors (Lipinski definition) is 1. The second-order valence-corrected chi connectivity index (χ2v) is 11.1. The van der Waals surface area contributed by atoms with Crippen molar-refractivity contribution in [1.29, 1.82) is 0 Å². The molecule has 0 spiro atoms. The van der Waals surface area contributed by atoms with Crippen molar-refractivity contribution in [3.63, 3.8) is 0 Å². The second-order valence-electron chi connectivity index (χ2n) is 11.1. The van der Waals surface area contributed by atoms with Gasteiger partial charge in [0.2, 0.25) is 0 Å². The van der Waals surface area contributed by atoms with E-state index in [1.807, 2.05) is 4.90 Å². The molecule has 2 aromatic carbocycles. The Bertz CT molecular complexity index is 1260. The predicted molar refractivity (Wildman–Crippen MR) is 146 cm³/mol. The number of rotatable bonds is 10. The van der Waals surface area contributed by atoms with Gasteiger partial charge in [0.15, 0.2) is 12.5 Å². The molecule has 0 amide bonds. The van der Waals surface area contributed by atoms with Gasteiger partial charge in [0.05, 0.1) is 11.0 Å². The fourth-order valence-electron chi connectivity index (χ4n) is 6.01. The highest BCUT2D eigenvalue weighted by molar-refractivity contribution is 5.56. The van der Waals surface area contributed by atoms with Crippen molar-refractivity contribution in [1.82, 2.24) is 9.80 Å². The lowest BCUT2D eigenvalue weighted by atomic mass is 9.92. The van der Waals surface area contributed by atoms with Crippen molar-refractivity contribution >= 4 is 17.7 Å². The van der Waals surface area contributed by atoms with E-state index in [0.717, 1.165) is 55.8 Å². The fourth-order valence-corrected chi connectivity index (χ4v) is 6.01. The first-order valence-electron chi connectivity index (χ1n) is 14.2. The van der Waals surface area contributed by atoms with Crippen LogP contribution in [0.3, 0.4) is 0 Å². The molecule has 0 bridgehead atoms. The minimum atomic E-state index is -4.83. The van der Waals surface area contributed by atoms with Crippen LogP contribution in [0, 0.1) is 15.9 Å². The van der Waals surface area contributed by atoms with Crippen LogP contribution in [0.25, 0.3) is 0 Å². The van der Waals surface area contributed by atoms with Crippen molar-refractivity contribution in [2.24, 2.45) is 0 Å². The standard InChI is InChI=1S/C29H34F4N4O5/c30-20-1-8-27-19(15-20)16-24(41-27)9-10-35-11-13-36(14-12-35)28(18-38)42-23-5-2-21(3-6-23)34-22-4-7-26(37(39)40)25(17-22)29(31,32)33/h1,4,7-8,15,17-18,21,23-24,28,34H,2-3,5-6,9-14,16H2/t21?,23?,24-,28?/m1/s1. The van der Waals surface area contributed by atoms with E-state index < -0.39 is 28.6 Å².